The molecule has 1 aromatic rings. The second kappa shape index (κ2) is 5.63. The predicted molar refractivity (Wildman–Crippen MR) is 84.1 cm³/mol. The van der Waals surface area contributed by atoms with Crippen LogP contribution in [0.2, 0.25) is 0 Å². The number of amides is 2. The summed E-state index contributed by atoms with van der Waals surface area (Å²) < 4.78 is 5.59. The lowest BCUT2D eigenvalue weighted by Crippen LogP contribution is -2.47. The van der Waals surface area contributed by atoms with Gasteiger partial charge in [-0.3, -0.25) is 9.59 Å². The number of anilines is 1. The molecule has 0 radical (unpaired) electrons. The number of hydrogen-bond acceptors (Lipinski definition) is 3. The van der Waals surface area contributed by atoms with Crippen molar-refractivity contribution in [1.82, 2.24) is 4.90 Å². The van der Waals surface area contributed by atoms with Crippen LogP contribution in [-0.2, 0) is 4.79 Å². The summed E-state index contributed by atoms with van der Waals surface area (Å²) in [6.45, 7) is 5.90. The Balaban J connectivity index is 1.87. The lowest BCUT2D eigenvalue weighted by molar-refractivity contribution is -0.122. The molecule has 3 rings (SSSR count). The molecule has 5 nitrogen and oxygen atoms in total. The molecular formula is C17H22N2O3. The largest absolute Gasteiger partial charge is 0.479 e. The van der Waals surface area contributed by atoms with E-state index < -0.39 is 6.10 Å². The summed E-state index contributed by atoms with van der Waals surface area (Å²) in [4.78, 5) is 26.4. The van der Waals surface area contributed by atoms with Crippen LogP contribution in [0.25, 0.3) is 0 Å². The van der Waals surface area contributed by atoms with Crippen molar-refractivity contribution in [1.29, 1.82) is 0 Å². The van der Waals surface area contributed by atoms with Gasteiger partial charge in [0, 0.05) is 17.6 Å². The molecule has 0 spiro atoms. The number of likely N-dealkylation sites (tertiary alicyclic amines) is 1. The predicted octanol–water partition coefficient (Wildman–Crippen LogP) is 2.81. The first-order valence-corrected chi connectivity index (χ1v) is 7.91. The van der Waals surface area contributed by atoms with Crippen LogP contribution in [0.3, 0.4) is 0 Å². The quantitative estimate of drug-likeness (QED) is 0.868. The maximum Gasteiger partial charge on any atom is 0.265 e. The Morgan fingerprint density at radius 1 is 1.23 bits per heavy atom. The minimum absolute atomic E-state index is 0.0376. The molecule has 5 heteroatoms. The highest BCUT2D eigenvalue weighted by Crippen LogP contribution is 2.32. The molecule has 3 unspecified atom stereocenters. The Morgan fingerprint density at radius 2 is 1.91 bits per heavy atom. The fourth-order valence-electron chi connectivity index (χ4n) is 3.31. The molecule has 1 aromatic carbocycles. The Labute approximate surface area is 130 Å². The molecule has 1 fully saturated rings. The highest BCUT2D eigenvalue weighted by Gasteiger charge is 2.31. The molecule has 2 aliphatic heterocycles. The summed E-state index contributed by atoms with van der Waals surface area (Å²) in [5, 5.41) is 2.78. The third-order valence-corrected chi connectivity index (χ3v) is 4.59. The second-order valence-corrected chi connectivity index (χ2v) is 6.30. The number of benzene rings is 1. The summed E-state index contributed by atoms with van der Waals surface area (Å²) in [6.07, 6.45) is 2.73. The SMILES string of the molecule is CC1Oc2cc(C(=O)N3C(C)CCCC3C)ccc2NC1=O. The van der Waals surface area contributed by atoms with Gasteiger partial charge in [0.2, 0.25) is 0 Å². The van der Waals surface area contributed by atoms with Crippen molar-refractivity contribution in [3.8, 4) is 5.75 Å². The second-order valence-electron chi connectivity index (χ2n) is 6.30. The van der Waals surface area contributed by atoms with Crippen molar-refractivity contribution in [2.75, 3.05) is 5.32 Å². The minimum atomic E-state index is -0.536. The van der Waals surface area contributed by atoms with E-state index in [0.717, 1.165) is 12.8 Å². The van der Waals surface area contributed by atoms with Gasteiger partial charge in [0.05, 0.1) is 5.69 Å². The topological polar surface area (TPSA) is 58.6 Å². The van der Waals surface area contributed by atoms with E-state index in [-0.39, 0.29) is 23.9 Å². The number of piperidine rings is 1. The van der Waals surface area contributed by atoms with Crippen molar-refractivity contribution in [3.05, 3.63) is 23.8 Å². The minimum Gasteiger partial charge on any atom is -0.479 e. The number of ether oxygens (including phenoxy) is 1. The Morgan fingerprint density at radius 3 is 2.59 bits per heavy atom. The third kappa shape index (κ3) is 2.56. The molecule has 0 bridgehead atoms. The molecule has 0 aromatic heterocycles. The molecule has 1 saturated heterocycles. The zero-order valence-corrected chi connectivity index (χ0v) is 13.3. The van der Waals surface area contributed by atoms with Crippen LogP contribution in [0.15, 0.2) is 18.2 Å². The number of nitrogens with one attached hydrogen (secondary N) is 1. The number of fused-ring (bicyclic) bond motifs is 1. The summed E-state index contributed by atoms with van der Waals surface area (Å²) in [5.41, 5.74) is 1.24. The van der Waals surface area contributed by atoms with Crippen LogP contribution in [0.1, 0.15) is 50.4 Å². The van der Waals surface area contributed by atoms with Gasteiger partial charge in [-0.1, -0.05) is 0 Å². The fraction of sp³-hybridized carbons (Fsp3) is 0.529. The first kappa shape index (κ1) is 14.9. The average molecular weight is 302 g/mol. The lowest BCUT2D eigenvalue weighted by Gasteiger charge is -2.39. The molecule has 2 amide bonds. The zero-order valence-electron chi connectivity index (χ0n) is 13.3. The van der Waals surface area contributed by atoms with Crippen LogP contribution in [0.4, 0.5) is 5.69 Å². The van der Waals surface area contributed by atoms with Gasteiger partial charge in [-0.25, -0.2) is 0 Å². The van der Waals surface area contributed by atoms with E-state index in [1.165, 1.54) is 6.42 Å². The summed E-state index contributed by atoms with van der Waals surface area (Å²) in [5.74, 6) is 0.441. The van der Waals surface area contributed by atoms with Crippen LogP contribution in [0, 0.1) is 0 Å². The smallest absolute Gasteiger partial charge is 0.265 e. The first-order valence-electron chi connectivity index (χ1n) is 7.91. The average Bonchev–Trinajstić information content (AvgIpc) is 2.47. The monoisotopic (exact) mass is 302 g/mol. The Hall–Kier alpha value is -2.04. The van der Waals surface area contributed by atoms with Crippen LogP contribution >= 0.6 is 0 Å². The van der Waals surface area contributed by atoms with Crippen molar-refractivity contribution < 1.29 is 14.3 Å². The van der Waals surface area contributed by atoms with Crippen molar-refractivity contribution >= 4 is 17.5 Å². The van der Waals surface area contributed by atoms with E-state index in [4.69, 9.17) is 4.74 Å². The molecule has 1 N–H and O–H groups in total. The third-order valence-electron chi connectivity index (χ3n) is 4.59. The van der Waals surface area contributed by atoms with Gasteiger partial charge in [-0.05, 0) is 58.2 Å². The number of rotatable bonds is 1. The van der Waals surface area contributed by atoms with Gasteiger partial charge >= 0.3 is 0 Å². The molecule has 2 aliphatic rings. The fourth-order valence-corrected chi connectivity index (χ4v) is 3.31. The van der Waals surface area contributed by atoms with Gasteiger partial charge in [0.25, 0.3) is 11.8 Å². The normalized spacial score (nSPS) is 27.7. The summed E-state index contributed by atoms with van der Waals surface area (Å²) >= 11 is 0. The van der Waals surface area contributed by atoms with E-state index in [1.54, 1.807) is 25.1 Å². The summed E-state index contributed by atoms with van der Waals surface area (Å²) in [6, 6.07) is 5.75. The van der Waals surface area contributed by atoms with Gasteiger partial charge < -0.3 is 15.0 Å². The Bertz CT molecular complexity index is 604. The van der Waals surface area contributed by atoms with Crippen molar-refractivity contribution in [2.24, 2.45) is 0 Å². The highest BCUT2D eigenvalue weighted by atomic mass is 16.5. The molecule has 2 heterocycles. The van der Waals surface area contributed by atoms with E-state index in [0.29, 0.717) is 17.0 Å². The molecule has 3 atom stereocenters. The van der Waals surface area contributed by atoms with E-state index in [1.807, 2.05) is 4.90 Å². The number of hydrogen-bond donors (Lipinski definition) is 1. The maximum absolute atomic E-state index is 12.8. The molecule has 0 saturated carbocycles. The standard InChI is InChI=1S/C17H22N2O3/c1-10-5-4-6-11(2)19(10)17(21)13-7-8-14-15(9-13)22-12(3)16(20)18-14/h7-12H,4-6H2,1-3H3,(H,18,20). The molecule has 0 aliphatic carbocycles. The van der Waals surface area contributed by atoms with Crippen molar-refractivity contribution in [3.63, 3.8) is 0 Å². The van der Waals surface area contributed by atoms with Crippen LogP contribution in [-0.4, -0.2) is 34.9 Å². The zero-order chi connectivity index (χ0) is 15.9. The number of carbonyl (C=O) groups excluding carboxylic acids is 2. The van der Waals surface area contributed by atoms with Gasteiger partial charge in [-0.2, -0.15) is 0 Å². The lowest BCUT2D eigenvalue weighted by atomic mass is 9.96. The van der Waals surface area contributed by atoms with Gasteiger partial charge in [-0.15, -0.1) is 0 Å². The Kier molecular flexibility index (Phi) is 3.81. The van der Waals surface area contributed by atoms with Crippen LogP contribution in [0.5, 0.6) is 5.75 Å². The van der Waals surface area contributed by atoms with Crippen LogP contribution < -0.4 is 10.1 Å². The summed E-state index contributed by atoms with van der Waals surface area (Å²) in [7, 11) is 0. The number of carbonyl (C=O) groups is 2. The maximum atomic E-state index is 12.8. The molecular weight excluding hydrogens is 280 g/mol. The number of nitrogens with zero attached hydrogens (tertiary/aromatic N) is 1. The first-order chi connectivity index (χ1) is 10.5. The van der Waals surface area contributed by atoms with E-state index in [2.05, 4.69) is 19.2 Å². The highest BCUT2D eigenvalue weighted by molar-refractivity contribution is 6.00. The van der Waals surface area contributed by atoms with Crippen molar-refractivity contribution in [2.45, 2.75) is 58.2 Å². The van der Waals surface area contributed by atoms with Gasteiger partial charge in [0.1, 0.15) is 5.75 Å². The molecule has 22 heavy (non-hydrogen) atoms. The van der Waals surface area contributed by atoms with E-state index in [9.17, 15) is 9.59 Å². The molecule has 118 valence electrons. The van der Waals surface area contributed by atoms with E-state index >= 15 is 0 Å². The van der Waals surface area contributed by atoms with Gasteiger partial charge in [0.15, 0.2) is 6.10 Å².